The van der Waals surface area contributed by atoms with Gasteiger partial charge in [-0.25, -0.2) is 0 Å². The van der Waals surface area contributed by atoms with Crippen molar-refractivity contribution in [2.75, 3.05) is 6.61 Å². The van der Waals surface area contributed by atoms with E-state index < -0.39 is 78.9 Å². The number of fused-ring (bicyclic) bond motifs is 3. The first-order valence-corrected chi connectivity index (χ1v) is 25.9. The molecule has 11 nitrogen and oxygen atoms in total. The van der Waals surface area contributed by atoms with E-state index in [1.807, 2.05) is 91.0 Å². The van der Waals surface area contributed by atoms with Gasteiger partial charge in [0.2, 0.25) is 0 Å². The van der Waals surface area contributed by atoms with Crippen molar-refractivity contribution in [3.8, 4) is 0 Å². The minimum Gasteiger partial charge on any atom is -0.374 e. The van der Waals surface area contributed by atoms with Gasteiger partial charge in [-0.3, -0.25) is 0 Å². The molecule has 0 amide bonds. The van der Waals surface area contributed by atoms with Gasteiger partial charge in [-0.2, -0.15) is 0 Å². The van der Waals surface area contributed by atoms with Gasteiger partial charge in [0.15, 0.2) is 17.9 Å². The predicted octanol–water partition coefficient (Wildman–Crippen LogP) is 10.6. The summed E-state index contributed by atoms with van der Waals surface area (Å²) in [5.74, 6) is -1.49. The van der Waals surface area contributed by atoms with Gasteiger partial charge in [0.05, 0.1) is 39.6 Å². The van der Waals surface area contributed by atoms with Gasteiger partial charge in [-0.1, -0.05) is 165 Å². The van der Waals surface area contributed by atoms with E-state index in [1.165, 1.54) is 0 Å². The molecule has 3 saturated carbocycles. The van der Waals surface area contributed by atoms with Gasteiger partial charge < -0.3 is 52.1 Å². The molecule has 6 fully saturated rings. The molecule has 3 heterocycles. The second kappa shape index (κ2) is 22.6. The average Bonchev–Trinajstić information content (AvgIpc) is 3.97. The highest BCUT2D eigenvalue weighted by molar-refractivity contribution is 5.19. The van der Waals surface area contributed by atoms with Crippen molar-refractivity contribution in [3.05, 3.63) is 179 Å². The summed E-state index contributed by atoms with van der Waals surface area (Å²) < 4.78 is 78.9. The summed E-state index contributed by atoms with van der Waals surface area (Å²) in [6, 6.07) is 51.0. The normalized spacial score (nSPS) is 31.1. The van der Waals surface area contributed by atoms with E-state index in [0.29, 0.717) is 26.4 Å². The molecule has 0 unspecified atom stereocenters. The first-order valence-electron chi connectivity index (χ1n) is 25.9. The van der Waals surface area contributed by atoms with Gasteiger partial charge >= 0.3 is 0 Å². The third-order valence-corrected chi connectivity index (χ3v) is 15.0. The largest absolute Gasteiger partial charge is 0.374 e. The average molecular weight is 953 g/mol. The molecule has 370 valence electrons. The highest BCUT2D eigenvalue weighted by Crippen LogP contribution is 2.53. The van der Waals surface area contributed by atoms with Crippen LogP contribution >= 0.6 is 0 Å². The van der Waals surface area contributed by atoms with E-state index in [0.717, 1.165) is 92.0 Å². The van der Waals surface area contributed by atoms with Crippen molar-refractivity contribution < 1.29 is 52.1 Å². The van der Waals surface area contributed by atoms with E-state index in [-0.39, 0.29) is 13.2 Å². The lowest BCUT2D eigenvalue weighted by Crippen LogP contribution is -2.67. The molecular formula is C59H68O11. The van der Waals surface area contributed by atoms with Crippen molar-refractivity contribution in [1.29, 1.82) is 0 Å². The third kappa shape index (κ3) is 11.2. The van der Waals surface area contributed by atoms with Crippen LogP contribution in [0.4, 0.5) is 0 Å². The lowest BCUT2D eigenvalue weighted by atomic mass is 9.84. The maximum Gasteiger partial charge on any atom is 0.187 e. The SMILES string of the molecule is c1ccc(COC[C@H]2O[C@H](O[C@H]3[C@H](OCc4ccccc4)[C@H]4OC5(CCCCC5)O[C@@H]4[C@H]4OC5(CCCCC5)O[C@@H]34)[C@H](OCc3ccccc3)[C@@H](OCc3ccccc3)[C@H]2OCc2ccccc2)cc1. The zero-order valence-electron chi connectivity index (χ0n) is 40.1. The van der Waals surface area contributed by atoms with Gasteiger partial charge in [0.1, 0.15) is 61.0 Å². The molecule has 3 aliphatic heterocycles. The predicted molar refractivity (Wildman–Crippen MR) is 261 cm³/mol. The van der Waals surface area contributed by atoms with Crippen LogP contribution in [0.15, 0.2) is 152 Å². The van der Waals surface area contributed by atoms with Crippen molar-refractivity contribution in [2.24, 2.45) is 0 Å². The summed E-state index contributed by atoms with van der Waals surface area (Å²) >= 11 is 0. The van der Waals surface area contributed by atoms with Crippen molar-refractivity contribution in [3.63, 3.8) is 0 Å². The molecule has 5 aromatic carbocycles. The highest BCUT2D eigenvalue weighted by Gasteiger charge is 2.68. The highest BCUT2D eigenvalue weighted by atomic mass is 16.8. The van der Waals surface area contributed by atoms with Crippen LogP contribution in [0.3, 0.4) is 0 Å². The summed E-state index contributed by atoms with van der Waals surface area (Å²) in [5.41, 5.74) is 5.15. The molecule has 3 aliphatic carbocycles. The van der Waals surface area contributed by atoms with Crippen molar-refractivity contribution >= 4 is 0 Å². The molecule has 0 bridgehead atoms. The zero-order valence-corrected chi connectivity index (χ0v) is 40.1. The number of hydrogen-bond acceptors (Lipinski definition) is 11. The van der Waals surface area contributed by atoms with Crippen LogP contribution in [-0.4, -0.2) is 85.5 Å². The van der Waals surface area contributed by atoms with Gasteiger partial charge in [-0.15, -0.1) is 0 Å². The molecule has 11 heteroatoms. The Bertz CT molecular complexity index is 2330. The van der Waals surface area contributed by atoms with Crippen LogP contribution in [0, 0.1) is 0 Å². The minimum atomic E-state index is -1.01. The first-order chi connectivity index (χ1) is 34.6. The Balaban J connectivity index is 0.983. The number of ether oxygens (including phenoxy) is 11. The van der Waals surface area contributed by atoms with Crippen LogP contribution < -0.4 is 0 Å². The fraction of sp³-hybridized carbons (Fsp3) is 0.492. The van der Waals surface area contributed by atoms with Gasteiger partial charge in [0.25, 0.3) is 0 Å². The topological polar surface area (TPSA) is 102 Å². The third-order valence-electron chi connectivity index (χ3n) is 15.0. The van der Waals surface area contributed by atoms with E-state index in [1.54, 1.807) is 0 Å². The zero-order chi connectivity index (χ0) is 47.0. The van der Waals surface area contributed by atoms with Crippen LogP contribution in [0.25, 0.3) is 0 Å². The molecule has 70 heavy (non-hydrogen) atoms. The molecule has 2 spiro atoms. The van der Waals surface area contributed by atoms with Crippen LogP contribution in [-0.2, 0) is 85.1 Å². The molecule has 6 aliphatic rings. The standard InChI is InChI=1S/C59H68O11/c1-8-22-42(23-9-1)36-60-41-47-48(61-37-43-24-10-2-11-25-43)49(62-38-44-26-12-3-13-27-44)56(64-40-46-30-16-5-17-31-46)57(65-47)66-51-50(63-39-45-28-14-4-15-29-45)52-54(69-58(67-52)32-18-6-19-33-58)55-53(51)68-59(70-55)34-20-7-21-35-59/h1-5,8-17,22-31,47-57H,6-7,18-21,32-41H2/t47-,48+,49+,50+,51+,52-,53+,54+,55+,56-,57-/m1/s1. The van der Waals surface area contributed by atoms with Crippen LogP contribution in [0.2, 0.25) is 0 Å². The summed E-state index contributed by atoms with van der Waals surface area (Å²) in [4.78, 5) is 0. The Kier molecular flexibility index (Phi) is 15.5. The fourth-order valence-corrected chi connectivity index (χ4v) is 11.5. The Hall–Kier alpha value is -4.34. The maximum absolute atomic E-state index is 7.65. The number of hydrogen-bond donors (Lipinski definition) is 0. The second-order valence-electron chi connectivity index (χ2n) is 20.0. The Morgan fingerprint density at radius 1 is 0.357 bits per heavy atom. The lowest BCUT2D eigenvalue weighted by molar-refractivity contribution is -0.353. The maximum atomic E-state index is 7.65. The van der Waals surface area contributed by atoms with Crippen LogP contribution in [0.1, 0.15) is 92.0 Å². The molecule has 0 aromatic heterocycles. The molecule has 11 atom stereocenters. The molecule has 0 N–H and O–H groups in total. The van der Waals surface area contributed by atoms with E-state index in [4.69, 9.17) is 52.1 Å². The van der Waals surface area contributed by atoms with Gasteiger partial charge in [-0.05, 0) is 53.5 Å². The summed E-state index contributed by atoms with van der Waals surface area (Å²) in [5, 5.41) is 0. The monoisotopic (exact) mass is 952 g/mol. The minimum absolute atomic E-state index is 0.197. The summed E-state index contributed by atoms with van der Waals surface area (Å²) in [7, 11) is 0. The number of benzene rings is 5. The van der Waals surface area contributed by atoms with E-state index in [2.05, 4.69) is 60.7 Å². The molecular weight excluding hydrogens is 885 g/mol. The Labute approximate surface area is 412 Å². The Morgan fingerprint density at radius 3 is 1.16 bits per heavy atom. The van der Waals surface area contributed by atoms with Crippen molar-refractivity contribution in [2.45, 2.75) is 176 Å². The summed E-state index contributed by atoms with van der Waals surface area (Å²) in [6.45, 7) is 1.82. The van der Waals surface area contributed by atoms with Crippen molar-refractivity contribution in [1.82, 2.24) is 0 Å². The summed E-state index contributed by atoms with van der Waals surface area (Å²) in [6.07, 6.45) is 2.56. The lowest BCUT2D eigenvalue weighted by Gasteiger charge is -2.49. The quantitative estimate of drug-likeness (QED) is 0.0839. The van der Waals surface area contributed by atoms with Gasteiger partial charge in [0, 0.05) is 25.7 Å². The second-order valence-corrected chi connectivity index (χ2v) is 20.0. The fourth-order valence-electron chi connectivity index (χ4n) is 11.5. The Morgan fingerprint density at radius 2 is 0.714 bits per heavy atom. The number of rotatable bonds is 18. The molecule has 11 rings (SSSR count). The van der Waals surface area contributed by atoms with E-state index in [9.17, 15) is 0 Å². The smallest absolute Gasteiger partial charge is 0.187 e. The molecule has 0 radical (unpaired) electrons. The molecule has 3 saturated heterocycles. The first kappa shape index (κ1) is 48.0. The molecule has 5 aromatic rings. The van der Waals surface area contributed by atoms with E-state index >= 15 is 0 Å². The van der Waals surface area contributed by atoms with Crippen LogP contribution in [0.5, 0.6) is 0 Å².